The van der Waals surface area contributed by atoms with E-state index in [2.05, 4.69) is 20.9 Å². The van der Waals surface area contributed by atoms with Gasteiger partial charge in [0.15, 0.2) is 11.6 Å². The largest absolute Gasteiger partial charge is 0.462 e. The van der Waals surface area contributed by atoms with Gasteiger partial charge in [-0.2, -0.15) is 0 Å². The number of anilines is 1. The van der Waals surface area contributed by atoms with Gasteiger partial charge < -0.3 is 15.2 Å². The fourth-order valence-electron chi connectivity index (χ4n) is 1.56. The van der Waals surface area contributed by atoms with Gasteiger partial charge in [0.1, 0.15) is 5.56 Å². The summed E-state index contributed by atoms with van der Waals surface area (Å²) in [5.74, 6) is -1.35. The lowest BCUT2D eigenvalue weighted by molar-refractivity contribution is 0.0522. The average Bonchev–Trinajstić information content (AvgIpc) is 2.45. The molecule has 1 aromatic heterocycles. The molecule has 1 heterocycles. The number of rotatable bonds is 4. The van der Waals surface area contributed by atoms with Crippen LogP contribution in [0.3, 0.4) is 0 Å². The maximum Gasteiger partial charge on any atom is 0.343 e. The number of benzene rings is 1. The molecule has 2 rings (SSSR count). The van der Waals surface area contributed by atoms with Crippen LogP contribution >= 0.6 is 15.9 Å². The van der Waals surface area contributed by atoms with Crippen molar-refractivity contribution in [1.82, 2.24) is 4.98 Å². The van der Waals surface area contributed by atoms with E-state index >= 15 is 0 Å². The maximum absolute atomic E-state index is 13.7. The van der Waals surface area contributed by atoms with Crippen LogP contribution in [0.25, 0.3) is 0 Å². The Kier molecular flexibility index (Phi) is 4.74. The summed E-state index contributed by atoms with van der Waals surface area (Å²) in [7, 11) is 0. The number of carbonyl (C=O) groups is 1. The molecule has 0 spiro atoms. The first-order valence-corrected chi connectivity index (χ1v) is 6.86. The zero-order valence-corrected chi connectivity index (χ0v) is 12.7. The standard InChI is InChI=1S/C14H12BrFN2O3/c1-2-20-14(19)10-6-9(17)7-18-13(10)21-12-5-8(15)3-4-11(12)16/h3-7H,2,17H2,1H3. The van der Waals surface area contributed by atoms with Gasteiger partial charge in [0.25, 0.3) is 0 Å². The van der Waals surface area contributed by atoms with E-state index < -0.39 is 11.8 Å². The summed E-state index contributed by atoms with van der Waals surface area (Å²) in [4.78, 5) is 15.8. The number of nitrogen functional groups attached to an aromatic ring is 1. The number of hydrogen-bond acceptors (Lipinski definition) is 5. The smallest absolute Gasteiger partial charge is 0.343 e. The zero-order valence-electron chi connectivity index (χ0n) is 11.1. The molecule has 0 atom stereocenters. The first-order valence-electron chi connectivity index (χ1n) is 6.06. The van der Waals surface area contributed by atoms with Crippen LogP contribution in [-0.4, -0.2) is 17.6 Å². The molecule has 2 N–H and O–H groups in total. The van der Waals surface area contributed by atoms with Gasteiger partial charge in [0, 0.05) is 4.47 Å². The van der Waals surface area contributed by atoms with Crippen LogP contribution in [0.5, 0.6) is 11.6 Å². The topological polar surface area (TPSA) is 74.4 Å². The van der Waals surface area contributed by atoms with Crippen molar-refractivity contribution in [3.63, 3.8) is 0 Å². The summed E-state index contributed by atoms with van der Waals surface area (Å²) in [6.07, 6.45) is 1.31. The average molecular weight is 355 g/mol. The Morgan fingerprint density at radius 1 is 1.43 bits per heavy atom. The summed E-state index contributed by atoms with van der Waals surface area (Å²) < 4.78 is 24.6. The van der Waals surface area contributed by atoms with Crippen LogP contribution in [-0.2, 0) is 4.74 Å². The van der Waals surface area contributed by atoms with Crippen molar-refractivity contribution in [2.45, 2.75) is 6.92 Å². The minimum absolute atomic E-state index is 0.0382. The van der Waals surface area contributed by atoms with E-state index in [0.29, 0.717) is 4.47 Å². The summed E-state index contributed by atoms with van der Waals surface area (Å²) in [6, 6.07) is 5.57. The predicted molar refractivity (Wildman–Crippen MR) is 78.8 cm³/mol. The minimum atomic E-state index is -0.636. The molecule has 2 aromatic rings. The number of nitrogens with zero attached hydrogens (tertiary/aromatic N) is 1. The lowest BCUT2D eigenvalue weighted by Gasteiger charge is -2.11. The molecule has 0 aliphatic heterocycles. The molecule has 0 radical (unpaired) electrons. The minimum Gasteiger partial charge on any atom is -0.462 e. The molecule has 0 aliphatic carbocycles. The summed E-state index contributed by atoms with van der Waals surface area (Å²) >= 11 is 3.21. The van der Waals surface area contributed by atoms with Crippen molar-refractivity contribution in [2.24, 2.45) is 0 Å². The Bertz CT molecular complexity index is 679. The number of nitrogens with two attached hydrogens (primary N) is 1. The van der Waals surface area contributed by atoms with Gasteiger partial charge in [-0.1, -0.05) is 15.9 Å². The predicted octanol–water partition coefficient (Wildman–Crippen LogP) is 3.53. The molecule has 0 aliphatic rings. The van der Waals surface area contributed by atoms with E-state index in [0.717, 1.165) is 0 Å². The van der Waals surface area contributed by atoms with E-state index in [9.17, 15) is 9.18 Å². The first kappa shape index (κ1) is 15.2. The van der Waals surface area contributed by atoms with Crippen molar-refractivity contribution in [2.75, 3.05) is 12.3 Å². The number of esters is 1. The van der Waals surface area contributed by atoms with Gasteiger partial charge in [-0.25, -0.2) is 14.2 Å². The van der Waals surface area contributed by atoms with E-state index in [4.69, 9.17) is 15.2 Å². The molecule has 0 bridgehead atoms. The maximum atomic E-state index is 13.7. The second-order valence-electron chi connectivity index (χ2n) is 4.02. The second kappa shape index (κ2) is 6.53. The third kappa shape index (κ3) is 3.69. The van der Waals surface area contributed by atoms with Crippen LogP contribution in [0.4, 0.5) is 10.1 Å². The van der Waals surface area contributed by atoms with Crippen molar-refractivity contribution < 1.29 is 18.7 Å². The quantitative estimate of drug-likeness (QED) is 0.850. The van der Waals surface area contributed by atoms with Crippen LogP contribution in [0.2, 0.25) is 0 Å². The van der Waals surface area contributed by atoms with E-state index in [-0.39, 0.29) is 29.5 Å². The third-order valence-electron chi connectivity index (χ3n) is 2.47. The molecule has 0 amide bonds. The number of halogens is 2. The van der Waals surface area contributed by atoms with Crippen LogP contribution in [0.1, 0.15) is 17.3 Å². The monoisotopic (exact) mass is 354 g/mol. The second-order valence-corrected chi connectivity index (χ2v) is 4.93. The van der Waals surface area contributed by atoms with E-state index in [1.165, 1.54) is 30.5 Å². The molecule has 7 heteroatoms. The van der Waals surface area contributed by atoms with Crippen molar-refractivity contribution in [3.8, 4) is 11.6 Å². The van der Waals surface area contributed by atoms with Crippen LogP contribution in [0.15, 0.2) is 34.9 Å². The lowest BCUT2D eigenvalue weighted by Crippen LogP contribution is -2.08. The number of carbonyl (C=O) groups excluding carboxylic acids is 1. The van der Waals surface area contributed by atoms with Crippen molar-refractivity contribution in [3.05, 3.63) is 46.3 Å². The highest BCUT2D eigenvalue weighted by Crippen LogP contribution is 2.29. The summed E-state index contributed by atoms with van der Waals surface area (Å²) in [5.41, 5.74) is 5.92. The van der Waals surface area contributed by atoms with Crippen molar-refractivity contribution >= 4 is 27.6 Å². The Labute approximate surface area is 129 Å². The van der Waals surface area contributed by atoms with Gasteiger partial charge >= 0.3 is 5.97 Å². The number of hydrogen-bond donors (Lipinski definition) is 1. The normalized spacial score (nSPS) is 10.2. The first-order chi connectivity index (χ1) is 10.0. The highest BCUT2D eigenvalue weighted by molar-refractivity contribution is 9.10. The molecule has 0 unspecified atom stereocenters. The van der Waals surface area contributed by atoms with Gasteiger partial charge in [-0.3, -0.25) is 0 Å². The van der Waals surface area contributed by atoms with Crippen molar-refractivity contribution in [1.29, 1.82) is 0 Å². The highest BCUT2D eigenvalue weighted by atomic mass is 79.9. The Morgan fingerprint density at radius 2 is 2.19 bits per heavy atom. The fraction of sp³-hybridized carbons (Fsp3) is 0.143. The van der Waals surface area contributed by atoms with Gasteiger partial charge in [-0.15, -0.1) is 0 Å². The zero-order chi connectivity index (χ0) is 15.4. The number of ether oxygens (including phenoxy) is 2. The molecular weight excluding hydrogens is 343 g/mol. The summed E-state index contributed by atoms with van der Waals surface area (Å²) in [6.45, 7) is 1.87. The molecule has 110 valence electrons. The van der Waals surface area contributed by atoms with Gasteiger partial charge in [0.2, 0.25) is 5.88 Å². The molecule has 5 nitrogen and oxygen atoms in total. The Balaban J connectivity index is 2.39. The van der Waals surface area contributed by atoms with E-state index in [1.54, 1.807) is 6.92 Å². The fourth-order valence-corrected chi connectivity index (χ4v) is 1.90. The van der Waals surface area contributed by atoms with Crippen LogP contribution < -0.4 is 10.5 Å². The molecule has 1 aromatic carbocycles. The molecular formula is C14H12BrFN2O3. The Morgan fingerprint density at radius 3 is 2.90 bits per heavy atom. The molecule has 0 saturated carbocycles. The lowest BCUT2D eigenvalue weighted by atomic mass is 10.2. The molecule has 0 saturated heterocycles. The summed E-state index contributed by atoms with van der Waals surface area (Å²) in [5, 5.41) is 0. The highest BCUT2D eigenvalue weighted by Gasteiger charge is 2.18. The Hall–Kier alpha value is -2.15. The third-order valence-corrected chi connectivity index (χ3v) is 2.96. The SMILES string of the molecule is CCOC(=O)c1cc(N)cnc1Oc1cc(Br)ccc1F. The molecule has 21 heavy (non-hydrogen) atoms. The van der Waals surface area contributed by atoms with Gasteiger partial charge in [0.05, 0.1) is 18.5 Å². The van der Waals surface area contributed by atoms with Gasteiger partial charge in [-0.05, 0) is 31.2 Å². The number of aromatic nitrogens is 1. The van der Waals surface area contributed by atoms with E-state index in [1.807, 2.05) is 0 Å². The number of pyridine rings is 1. The molecule has 0 fully saturated rings. The van der Waals surface area contributed by atoms with Crippen LogP contribution in [0, 0.1) is 5.82 Å².